The fourth-order valence-electron chi connectivity index (χ4n) is 1.15. The summed E-state index contributed by atoms with van der Waals surface area (Å²) in [5.41, 5.74) is -1.33. The van der Waals surface area contributed by atoms with E-state index in [1.807, 2.05) is 0 Å². The monoisotopic (exact) mass is 260 g/mol. The van der Waals surface area contributed by atoms with Crippen LogP contribution in [0.2, 0.25) is 0 Å². The third-order valence-electron chi connectivity index (χ3n) is 1.71. The van der Waals surface area contributed by atoms with Gasteiger partial charge in [-0.2, -0.15) is 13.2 Å². The minimum Gasteiger partial charge on any atom is -0.492 e. The zero-order valence-corrected chi connectivity index (χ0v) is 8.32. The predicted molar refractivity (Wildman–Crippen MR) is 44.7 cm³/mol. The van der Waals surface area contributed by atoms with E-state index >= 15 is 0 Å². The number of ether oxygens (including phenoxy) is 2. The Hall–Kier alpha value is -1.60. The lowest BCUT2D eigenvalue weighted by molar-refractivity contribution is -0.275. The van der Waals surface area contributed by atoms with Crippen LogP contribution in [0.25, 0.3) is 0 Å². The van der Waals surface area contributed by atoms with Crippen molar-refractivity contribution in [1.82, 2.24) is 0 Å². The molecule has 0 aliphatic rings. The average molecular weight is 260 g/mol. The van der Waals surface area contributed by atoms with Gasteiger partial charge in [0.25, 0.3) is 0 Å². The third kappa shape index (κ3) is 3.43. The lowest BCUT2D eigenvalue weighted by Crippen LogP contribution is -2.18. The van der Waals surface area contributed by atoms with Crippen LogP contribution in [0.3, 0.4) is 0 Å². The Bertz CT molecular complexity index is 395. The highest BCUT2D eigenvalue weighted by Crippen LogP contribution is 2.42. The molecular weight excluding hydrogens is 254 g/mol. The van der Waals surface area contributed by atoms with Gasteiger partial charge in [-0.25, -0.2) is 0 Å². The first-order chi connectivity index (χ1) is 7.65. The highest BCUT2D eigenvalue weighted by Gasteiger charge is 2.38. The van der Waals surface area contributed by atoms with Crippen LogP contribution in [0.5, 0.6) is 11.5 Å². The van der Waals surface area contributed by atoms with E-state index in [2.05, 4.69) is 9.47 Å². The molecule has 0 amide bonds. The highest BCUT2D eigenvalue weighted by atomic mass is 19.4. The number of hydrogen-bond acceptors (Lipinski definition) is 2. The number of rotatable bonds is 2. The Morgan fingerprint density at radius 1 is 1.00 bits per heavy atom. The second kappa shape index (κ2) is 4.34. The van der Waals surface area contributed by atoms with Gasteiger partial charge in [0.1, 0.15) is 5.56 Å². The fourth-order valence-corrected chi connectivity index (χ4v) is 1.15. The Kier molecular flexibility index (Phi) is 3.44. The molecule has 0 heterocycles. The van der Waals surface area contributed by atoms with Gasteiger partial charge in [0.15, 0.2) is 11.5 Å². The molecule has 0 unspecified atom stereocenters. The largest absolute Gasteiger partial charge is 0.573 e. The van der Waals surface area contributed by atoms with Gasteiger partial charge >= 0.3 is 12.5 Å². The average Bonchev–Trinajstić information content (AvgIpc) is 2.13. The molecule has 96 valence electrons. The van der Waals surface area contributed by atoms with Crippen molar-refractivity contribution in [3.63, 3.8) is 0 Å². The first-order valence-corrected chi connectivity index (χ1v) is 4.15. The van der Waals surface area contributed by atoms with Gasteiger partial charge in [0, 0.05) is 0 Å². The smallest absolute Gasteiger partial charge is 0.492 e. The predicted octanol–water partition coefficient (Wildman–Crippen LogP) is 3.61. The second-order valence-electron chi connectivity index (χ2n) is 2.88. The molecule has 0 aromatic heterocycles. The maximum atomic E-state index is 12.4. The molecule has 0 radical (unpaired) electrons. The van der Waals surface area contributed by atoms with Gasteiger partial charge in [0.05, 0.1) is 7.11 Å². The Morgan fingerprint density at radius 3 is 2.00 bits per heavy atom. The topological polar surface area (TPSA) is 18.5 Å². The molecule has 0 aliphatic heterocycles. The van der Waals surface area contributed by atoms with Crippen LogP contribution >= 0.6 is 0 Å². The van der Waals surface area contributed by atoms with Gasteiger partial charge < -0.3 is 9.47 Å². The van der Waals surface area contributed by atoms with E-state index in [1.54, 1.807) is 0 Å². The molecule has 1 aromatic carbocycles. The number of para-hydroxylation sites is 1. The SMILES string of the molecule is COc1c(OC(F)(F)F)cccc1C(F)(F)F. The van der Waals surface area contributed by atoms with Crippen molar-refractivity contribution in [2.24, 2.45) is 0 Å². The summed E-state index contributed by atoms with van der Waals surface area (Å²) < 4.78 is 80.8. The molecule has 0 saturated carbocycles. The Balaban J connectivity index is 3.24. The quantitative estimate of drug-likeness (QED) is 0.756. The summed E-state index contributed by atoms with van der Waals surface area (Å²) in [7, 11) is 0.827. The summed E-state index contributed by atoms with van der Waals surface area (Å²) in [6, 6.07) is 2.13. The molecule has 0 N–H and O–H groups in total. The van der Waals surface area contributed by atoms with Crippen LogP contribution < -0.4 is 9.47 Å². The summed E-state index contributed by atoms with van der Waals surface area (Å²) in [5, 5.41) is 0. The number of benzene rings is 1. The summed E-state index contributed by atoms with van der Waals surface area (Å²) in [5.74, 6) is -2.04. The van der Waals surface area contributed by atoms with E-state index in [4.69, 9.17) is 0 Å². The molecule has 1 rings (SSSR count). The summed E-state index contributed by atoms with van der Waals surface area (Å²) in [6.45, 7) is 0. The Labute approximate surface area is 91.7 Å². The van der Waals surface area contributed by atoms with Gasteiger partial charge in [-0.3, -0.25) is 0 Å². The van der Waals surface area contributed by atoms with Crippen molar-refractivity contribution in [2.75, 3.05) is 7.11 Å². The molecular formula is C9H6F6O2. The maximum absolute atomic E-state index is 12.4. The van der Waals surface area contributed by atoms with E-state index in [0.717, 1.165) is 19.2 Å². The van der Waals surface area contributed by atoms with Crippen molar-refractivity contribution < 1.29 is 35.8 Å². The van der Waals surface area contributed by atoms with Gasteiger partial charge in [-0.05, 0) is 12.1 Å². The zero-order chi connectivity index (χ0) is 13.3. The zero-order valence-electron chi connectivity index (χ0n) is 8.32. The molecule has 2 nitrogen and oxygen atoms in total. The van der Waals surface area contributed by atoms with E-state index in [-0.39, 0.29) is 0 Å². The van der Waals surface area contributed by atoms with E-state index in [0.29, 0.717) is 6.07 Å². The second-order valence-corrected chi connectivity index (χ2v) is 2.88. The van der Waals surface area contributed by atoms with Gasteiger partial charge in [-0.15, -0.1) is 13.2 Å². The minimum absolute atomic E-state index is 0.599. The molecule has 1 aromatic rings. The summed E-state index contributed by atoms with van der Waals surface area (Å²) in [6.07, 6.45) is -9.91. The van der Waals surface area contributed by atoms with Crippen LogP contribution in [0.1, 0.15) is 5.56 Å². The lowest BCUT2D eigenvalue weighted by atomic mass is 10.2. The standard InChI is InChI=1S/C9H6F6O2/c1-16-7-5(8(10,11)12)3-2-4-6(7)17-9(13,14)15/h2-4H,1H3. The van der Waals surface area contributed by atoms with E-state index in [9.17, 15) is 26.3 Å². The first-order valence-electron chi connectivity index (χ1n) is 4.15. The number of halogens is 6. The van der Waals surface area contributed by atoms with Crippen molar-refractivity contribution >= 4 is 0 Å². The van der Waals surface area contributed by atoms with Gasteiger partial charge in [0.2, 0.25) is 0 Å². The van der Waals surface area contributed by atoms with Crippen LogP contribution in [-0.4, -0.2) is 13.5 Å². The first kappa shape index (κ1) is 13.5. The molecule has 17 heavy (non-hydrogen) atoms. The van der Waals surface area contributed by atoms with Crippen molar-refractivity contribution in [3.8, 4) is 11.5 Å². The molecule has 0 atom stereocenters. The third-order valence-corrected chi connectivity index (χ3v) is 1.71. The molecule has 0 fully saturated rings. The number of alkyl halides is 6. The fraction of sp³-hybridized carbons (Fsp3) is 0.333. The number of methoxy groups -OCH3 is 1. The van der Waals surface area contributed by atoms with Crippen molar-refractivity contribution in [1.29, 1.82) is 0 Å². The molecule has 8 heteroatoms. The maximum Gasteiger partial charge on any atom is 0.573 e. The van der Waals surface area contributed by atoms with Crippen LogP contribution in [-0.2, 0) is 6.18 Å². The normalized spacial score (nSPS) is 12.4. The Morgan fingerprint density at radius 2 is 1.59 bits per heavy atom. The van der Waals surface area contributed by atoms with Crippen LogP contribution in [0.4, 0.5) is 26.3 Å². The minimum atomic E-state index is -5.09. The highest BCUT2D eigenvalue weighted by molar-refractivity contribution is 5.48. The van der Waals surface area contributed by atoms with Crippen molar-refractivity contribution in [2.45, 2.75) is 12.5 Å². The van der Waals surface area contributed by atoms with E-state index in [1.165, 1.54) is 0 Å². The van der Waals surface area contributed by atoms with Crippen LogP contribution in [0.15, 0.2) is 18.2 Å². The lowest BCUT2D eigenvalue weighted by Gasteiger charge is -2.16. The summed E-state index contributed by atoms with van der Waals surface area (Å²) >= 11 is 0. The summed E-state index contributed by atoms with van der Waals surface area (Å²) in [4.78, 5) is 0. The molecule has 0 aliphatic carbocycles. The molecule has 0 saturated heterocycles. The van der Waals surface area contributed by atoms with E-state index < -0.39 is 29.6 Å². The molecule has 0 spiro atoms. The van der Waals surface area contributed by atoms with Crippen molar-refractivity contribution in [3.05, 3.63) is 23.8 Å². The number of hydrogen-bond donors (Lipinski definition) is 0. The van der Waals surface area contributed by atoms with Crippen LogP contribution in [0, 0.1) is 0 Å². The van der Waals surface area contributed by atoms with Gasteiger partial charge in [-0.1, -0.05) is 6.07 Å². The molecule has 0 bridgehead atoms.